The number of aliphatic hydroxyl groups excluding tert-OH is 4. The molecule has 1 aliphatic rings. The van der Waals surface area contributed by atoms with Crippen LogP contribution >= 0.6 is 0 Å². The van der Waals surface area contributed by atoms with Crippen LogP contribution in [0.5, 0.6) is 0 Å². The summed E-state index contributed by atoms with van der Waals surface area (Å²) in [6.07, 6.45) is -0.0465. The number of carbonyl (C=O) groups excluding carboxylic acids is 1. The monoisotopic (exact) mass is 344 g/mol. The van der Waals surface area contributed by atoms with Crippen molar-refractivity contribution in [2.24, 2.45) is 23.7 Å². The van der Waals surface area contributed by atoms with E-state index in [0.717, 1.165) is 0 Å². The van der Waals surface area contributed by atoms with Crippen molar-refractivity contribution in [3.63, 3.8) is 0 Å². The molecule has 140 valence electrons. The molecule has 1 fully saturated rings. The standard InChI is InChI=1S/C18H32O6/c1-9(16(21)10(2)13(5)19)6-7-14(20)8-15-11(3)17(22)12(4)18(23)24-15/h6-7,9-17,19-22H,8H2,1-5H3/b7-6-/t9-,10-,11-,12+,13-,14+,15?,16-,17-/m0/s1. The molecule has 4 N–H and O–H groups in total. The first-order chi connectivity index (χ1) is 11.1. The first kappa shape index (κ1) is 21.1. The first-order valence-corrected chi connectivity index (χ1v) is 8.67. The average molecular weight is 344 g/mol. The Labute approximate surface area is 144 Å². The second kappa shape index (κ2) is 8.94. The third-order valence-electron chi connectivity index (χ3n) is 5.23. The zero-order valence-electron chi connectivity index (χ0n) is 15.2. The third kappa shape index (κ3) is 5.28. The minimum absolute atomic E-state index is 0.196. The summed E-state index contributed by atoms with van der Waals surface area (Å²) in [6, 6.07) is 0. The van der Waals surface area contributed by atoms with E-state index in [4.69, 9.17) is 4.74 Å². The Hall–Kier alpha value is -0.950. The van der Waals surface area contributed by atoms with E-state index in [1.807, 2.05) is 6.92 Å². The minimum Gasteiger partial charge on any atom is -0.462 e. The Morgan fingerprint density at radius 3 is 2.25 bits per heavy atom. The van der Waals surface area contributed by atoms with Crippen LogP contribution in [0.4, 0.5) is 0 Å². The highest BCUT2D eigenvalue weighted by molar-refractivity contribution is 5.73. The maximum absolute atomic E-state index is 11.7. The van der Waals surface area contributed by atoms with E-state index in [1.54, 1.807) is 39.8 Å². The molecule has 1 heterocycles. The van der Waals surface area contributed by atoms with Crippen molar-refractivity contribution in [1.29, 1.82) is 0 Å². The second-order valence-electron chi connectivity index (χ2n) is 7.25. The van der Waals surface area contributed by atoms with Crippen LogP contribution in [-0.4, -0.2) is 56.9 Å². The van der Waals surface area contributed by atoms with Crippen molar-refractivity contribution in [2.75, 3.05) is 0 Å². The van der Waals surface area contributed by atoms with Gasteiger partial charge in [0.1, 0.15) is 6.10 Å². The number of ether oxygens (including phenoxy) is 1. The predicted molar refractivity (Wildman–Crippen MR) is 90.0 cm³/mol. The van der Waals surface area contributed by atoms with Gasteiger partial charge in [-0.1, -0.05) is 32.9 Å². The summed E-state index contributed by atoms with van der Waals surface area (Å²) in [7, 11) is 0. The molecule has 0 radical (unpaired) electrons. The topological polar surface area (TPSA) is 107 Å². The molecule has 0 bridgehead atoms. The molecule has 1 unspecified atom stereocenters. The molecular formula is C18H32O6. The maximum atomic E-state index is 11.7. The second-order valence-corrected chi connectivity index (χ2v) is 7.25. The van der Waals surface area contributed by atoms with Crippen LogP contribution in [0.1, 0.15) is 41.0 Å². The number of hydrogen-bond acceptors (Lipinski definition) is 6. The Bertz CT molecular complexity index is 435. The number of rotatable bonds is 7. The van der Waals surface area contributed by atoms with Gasteiger partial charge in [-0.25, -0.2) is 0 Å². The van der Waals surface area contributed by atoms with Crippen molar-refractivity contribution < 1.29 is 30.0 Å². The fourth-order valence-corrected chi connectivity index (χ4v) is 2.94. The molecule has 0 aromatic rings. The van der Waals surface area contributed by atoms with E-state index < -0.39 is 42.4 Å². The van der Waals surface area contributed by atoms with Crippen molar-refractivity contribution in [3.05, 3.63) is 12.2 Å². The molecule has 1 aliphatic heterocycles. The Morgan fingerprint density at radius 1 is 1.12 bits per heavy atom. The molecule has 0 amide bonds. The number of carbonyl (C=O) groups is 1. The fraction of sp³-hybridized carbons (Fsp3) is 0.833. The molecule has 0 saturated carbocycles. The zero-order chi connectivity index (χ0) is 18.6. The summed E-state index contributed by atoms with van der Waals surface area (Å²) >= 11 is 0. The molecule has 1 saturated heterocycles. The van der Waals surface area contributed by atoms with E-state index in [-0.39, 0.29) is 24.2 Å². The molecule has 0 aromatic carbocycles. The van der Waals surface area contributed by atoms with E-state index in [0.29, 0.717) is 0 Å². The molecule has 6 heteroatoms. The first-order valence-electron chi connectivity index (χ1n) is 8.67. The normalized spacial score (nSPS) is 34.5. The molecule has 0 aromatic heterocycles. The van der Waals surface area contributed by atoms with Gasteiger partial charge in [-0.05, 0) is 13.8 Å². The van der Waals surface area contributed by atoms with Crippen LogP contribution in [-0.2, 0) is 9.53 Å². The number of cyclic esters (lactones) is 1. The summed E-state index contributed by atoms with van der Waals surface area (Å²) in [5.74, 6) is -1.77. The van der Waals surface area contributed by atoms with E-state index in [1.165, 1.54) is 0 Å². The highest BCUT2D eigenvalue weighted by atomic mass is 16.5. The van der Waals surface area contributed by atoms with Gasteiger partial charge in [0.2, 0.25) is 0 Å². The fourth-order valence-electron chi connectivity index (χ4n) is 2.94. The van der Waals surface area contributed by atoms with Crippen LogP contribution in [0.2, 0.25) is 0 Å². The summed E-state index contributed by atoms with van der Waals surface area (Å²) in [4.78, 5) is 11.7. The SMILES string of the molecule is C[C@H]([C@@H](O)[C@@H](C)/C=C\[C@@H](O)CC1OC(=O)[C@H](C)[C@@H](O)[C@H]1C)[C@H](C)O. The molecule has 6 nitrogen and oxygen atoms in total. The van der Waals surface area contributed by atoms with Crippen LogP contribution in [0, 0.1) is 23.7 Å². The van der Waals surface area contributed by atoms with Crippen molar-refractivity contribution >= 4 is 5.97 Å². The predicted octanol–water partition coefficient (Wildman–Crippen LogP) is 0.866. The summed E-state index contributed by atoms with van der Waals surface area (Å²) < 4.78 is 5.30. The summed E-state index contributed by atoms with van der Waals surface area (Å²) in [5.41, 5.74) is 0. The van der Waals surface area contributed by atoms with Gasteiger partial charge in [-0.3, -0.25) is 4.79 Å². The van der Waals surface area contributed by atoms with Crippen LogP contribution in [0.25, 0.3) is 0 Å². The average Bonchev–Trinajstić information content (AvgIpc) is 2.53. The maximum Gasteiger partial charge on any atom is 0.311 e. The molecular weight excluding hydrogens is 312 g/mol. The lowest BCUT2D eigenvalue weighted by atomic mass is 9.84. The quantitative estimate of drug-likeness (QED) is 0.403. The Kier molecular flexibility index (Phi) is 7.86. The van der Waals surface area contributed by atoms with Crippen molar-refractivity contribution in [2.45, 2.75) is 71.6 Å². The van der Waals surface area contributed by atoms with Gasteiger partial charge in [0.25, 0.3) is 0 Å². The van der Waals surface area contributed by atoms with E-state index in [2.05, 4.69) is 0 Å². The van der Waals surface area contributed by atoms with E-state index in [9.17, 15) is 25.2 Å². The number of esters is 1. The lowest BCUT2D eigenvalue weighted by molar-refractivity contribution is -0.179. The van der Waals surface area contributed by atoms with Gasteiger partial charge < -0.3 is 25.2 Å². The molecule has 0 aliphatic carbocycles. The van der Waals surface area contributed by atoms with Gasteiger partial charge in [-0.15, -0.1) is 0 Å². The molecule has 1 rings (SSSR count). The van der Waals surface area contributed by atoms with Crippen LogP contribution in [0.3, 0.4) is 0 Å². The van der Waals surface area contributed by atoms with Gasteiger partial charge in [0.15, 0.2) is 0 Å². The smallest absolute Gasteiger partial charge is 0.311 e. The lowest BCUT2D eigenvalue weighted by Gasteiger charge is -2.36. The van der Waals surface area contributed by atoms with Crippen molar-refractivity contribution in [3.8, 4) is 0 Å². The highest BCUT2D eigenvalue weighted by Gasteiger charge is 2.40. The van der Waals surface area contributed by atoms with Crippen molar-refractivity contribution in [1.82, 2.24) is 0 Å². The Morgan fingerprint density at radius 2 is 1.71 bits per heavy atom. The lowest BCUT2D eigenvalue weighted by Crippen LogP contribution is -2.47. The van der Waals surface area contributed by atoms with E-state index >= 15 is 0 Å². The number of hydrogen-bond donors (Lipinski definition) is 4. The third-order valence-corrected chi connectivity index (χ3v) is 5.23. The van der Waals surface area contributed by atoms with Crippen LogP contribution < -0.4 is 0 Å². The molecule has 24 heavy (non-hydrogen) atoms. The van der Waals surface area contributed by atoms with Gasteiger partial charge in [-0.2, -0.15) is 0 Å². The molecule has 9 atom stereocenters. The Balaban J connectivity index is 2.59. The molecule has 0 spiro atoms. The highest BCUT2D eigenvalue weighted by Crippen LogP contribution is 2.29. The van der Waals surface area contributed by atoms with Gasteiger partial charge in [0.05, 0.1) is 30.3 Å². The minimum atomic E-state index is -0.845. The van der Waals surface area contributed by atoms with Crippen LogP contribution in [0.15, 0.2) is 12.2 Å². The number of aliphatic hydroxyl groups is 4. The summed E-state index contributed by atoms with van der Waals surface area (Å²) in [5, 5.41) is 39.9. The largest absolute Gasteiger partial charge is 0.462 e. The van der Waals surface area contributed by atoms with Gasteiger partial charge >= 0.3 is 5.97 Å². The summed E-state index contributed by atoms with van der Waals surface area (Å²) in [6.45, 7) is 8.63. The van der Waals surface area contributed by atoms with Gasteiger partial charge in [0, 0.05) is 24.2 Å². The zero-order valence-corrected chi connectivity index (χ0v) is 15.2.